The Hall–Kier alpha value is -1.38. The van der Waals surface area contributed by atoms with E-state index in [0.717, 1.165) is 30.4 Å². The molecule has 1 atom stereocenters. The second-order valence-electron chi connectivity index (χ2n) is 6.50. The summed E-state index contributed by atoms with van der Waals surface area (Å²) in [5.41, 5.74) is 8.05. The molecule has 1 aliphatic rings. The number of benzene rings is 1. The molecule has 0 amide bonds. The summed E-state index contributed by atoms with van der Waals surface area (Å²) in [6.45, 7) is 8.64. The van der Waals surface area contributed by atoms with Crippen LogP contribution in [0, 0.1) is 5.92 Å². The minimum Gasteiger partial charge on any atom is -0.491 e. The van der Waals surface area contributed by atoms with Gasteiger partial charge >= 0.3 is 0 Å². The highest BCUT2D eigenvalue weighted by Gasteiger charge is 2.17. The molecule has 0 radical (unpaired) electrons. The summed E-state index contributed by atoms with van der Waals surface area (Å²) < 4.78 is 5.81. The molecule has 2 N–H and O–H groups in total. The molecule has 118 valence electrons. The summed E-state index contributed by atoms with van der Waals surface area (Å²) in [6.07, 6.45) is 6.78. The first-order valence-electron chi connectivity index (χ1n) is 8.40. The Morgan fingerprint density at radius 1 is 1.24 bits per heavy atom. The third-order valence-electron chi connectivity index (χ3n) is 4.20. The summed E-state index contributed by atoms with van der Waals surface area (Å²) in [5, 5.41) is 0. The van der Waals surface area contributed by atoms with E-state index < -0.39 is 0 Å². The number of hydrogen-bond acceptors (Lipinski definition) is 3. The van der Waals surface area contributed by atoms with Crippen molar-refractivity contribution in [2.75, 3.05) is 23.7 Å². The summed E-state index contributed by atoms with van der Waals surface area (Å²) in [5.74, 6) is 1.78. The van der Waals surface area contributed by atoms with Crippen LogP contribution >= 0.6 is 0 Å². The van der Waals surface area contributed by atoms with Crippen LogP contribution in [0.5, 0.6) is 5.75 Å². The van der Waals surface area contributed by atoms with Gasteiger partial charge in [0.15, 0.2) is 0 Å². The summed E-state index contributed by atoms with van der Waals surface area (Å²) in [7, 11) is 0. The molecular formula is C18H30N2O. The Labute approximate surface area is 129 Å². The second-order valence-corrected chi connectivity index (χ2v) is 6.50. The van der Waals surface area contributed by atoms with Gasteiger partial charge < -0.3 is 15.4 Å². The lowest BCUT2D eigenvalue weighted by Crippen LogP contribution is -2.24. The van der Waals surface area contributed by atoms with Crippen molar-refractivity contribution in [2.24, 2.45) is 5.92 Å². The maximum absolute atomic E-state index is 6.05. The molecule has 2 rings (SSSR count). The van der Waals surface area contributed by atoms with Crippen molar-refractivity contribution in [1.82, 2.24) is 0 Å². The van der Waals surface area contributed by atoms with E-state index >= 15 is 0 Å². The Bertz CT molecular complexity index is 445. The molecule has 1 unspecified atom stereocenters. The maximum atomic E-state index is 6.05. The molecule has 1 saturated heterocycles. The van der Waals surface area contributed by atoms with Crippen molar-refractivity contribution in [1.29, 1.82) is 0 Å². The van der Waals surface area contributed by atoms with Crippen LogP contribution in [0.15, 0.2) is 18.2 Å². The van der Waals surface area contributed by atoms with Crippen LogP contribution in [0.25, 0.3) is 0 Å². The van der Waals surface area contributed by atoms with E-state index in [2.05, 4.69) is 24.0 Å². The minimum atomic E-state index is 0.178. The van der Waals surface area contributed by atoms with Crippen LogP contribution in [0.4, 0.5) is 11.4 Å². The van der Waals surface area contributed by atoms with Gasteiger partial charge in [0.25, 0.3) is 0 Å². The zero-order chi connectivity index (χ0) is 15.2. The van der Waals surface area contributed by atoms with E-state index in [4.69, 9.17) is 10.5 Å². The Morgan fingerprint density at radius 3 is 2.76 bits per heavy atom. The smallest absolute Gasteiger partial charge is 0.123 e. The van der Waals surface area contributed by atoms with Crippen molar-refractivity contribution in [2.45, 2.75) is 59.0 Å². The molecule has 0 aliphatic carbocycles. The van der Waals surface area contributed by atoms with Gasteiger partial charge in [-0.1, -0.05) is 19.8 Å². The summed E-state index contributed by atoms with van der Waals surface area (Å²) in [4.78, 5) is 2.47. The summed E-state index contributed by atoms with van der Waals surface area (Å²) >= 11 is 0. The third-order valence-corrected chi connectivity index (χ3v) is 4.20. The van der Waals surface area contributed by atoms with Crippen LogP contribution in [0.2, 0.25) is 0 Å². The lowest BCUT2D eigenvalue weighted by molar-refractivity contribution is 0.242. The van der Waals surface area contributed by atoms with Crippen LogP contribution in [-0.4, -0.2) is 19.2 Å². The number of nitrogen functional groups attached to an aromatic ring is 1. The van der Waals surface area contributed by atoms with Crippen LogP contribution in [-0.2, 0) is 0 Å². The molecule has 0 saturated carbocycles. The van der Waals surface area contributed by atoms with Gasteiger partial charge in [-0.2, -0.15) is 0 Å². The minimum absolute atomic E-state index is 0.178. The van der Waals surface area contributed by atoms with Crippen molar-refractivity contribution < 1.29 is 4.74 Å². The van der Waals surface area contributed by atoms with Gasteiger partial charge in [-0.15, -0.1) is 0 Å². The number of nitrogens with zero attached hydrogens (tertiary/aromatic N) is 1. The van der Waals surface area contributed by atoms with Crippen molar-refractivity contribution >= 4 is 11.4 Å². The van der Waals surface area contributed by atoms with Crippen molar-refractivity contribution in [3.05, 3.63) is 18.2 Å². The summed E-state index contributed by atoms with van der Waals surface area (Å²) in [6, 6.07) is 6.13. The molecule has 0 aromatic heterocycles. The molecule has 1 fully saturated rings. The molecule has 1 heterocycles. The van der Waals surface area contributed by atoms with E-state index in [0.29, 0.717) is 0 Å². The standard InChI is InChI=1S/C18H30N2O/c1-4-6-15-7-5-9-20(10-8-15)17-11-16(19)12-18(13-17)21-14(2)3/h11-15H,4-10,19H2,1-3H3. The van der Waals surface area contributed by atoms with Crippen molar-refractivity contribution in [3.8, 4) is 5.75 Å². The van der Waals surface area contributed by atoms with Gasteiger partial charge in [0.2, 0.25) is 0 Å². The highest BCUT2D eigenvalue weighted by atomic mass is 16.5. The number of nitrogens with two attached hydrogens (primary N) is 1. The van der Waals surface area contributed by atoms with Gasteiger partial charge in [0, 0.05) is 36.6 Å². The fourth-order valence-corrected chi connectivity index (χ4v) is 3.25. The first kappa shape index (κ1) is 16.0. The quantitative estimate of drug-likeness (QED) is 0.814. The average Bonchev–Trinajstić information content (AvgIpc) is 2.63. The fourth-order valence-electron chi connectivity index (χ4n) is 3.25. The number of rotatable bonds is 5. The van der Waals surface area contributed by atoms with Gasteiger partial charge in [-0.05, 0) is 45.1 Å². The number of ether oxygens (including phenoxy) is 1. The molecule has 0 bridgehead atoms. The second kappa shape index (κ2) is 7.58. The first-order valence-corrected chi connectivity index (χ1v) is 8.40. The number of anilines is 2. The van der Waals surface area contributed by atoms with E-state index in [9.17, 15) is 0 Å². The molecule has 3 heteroatoms. The Kier molecular flexibility index (Phi) is 5.77. The van der Waals surface area contributed by atoms with Crippen LogP contribution < -0.4 is 15.4 Å². The van der Waals surface area contributed by atoms with Crippen LogP contribution in [0.1, 0.15) is 52.9 Å². The lowest BCUT2D eigenvalue weighted by Gasteiger charge is -2.24. The van der Waals surface area contributed by atoms with Gasteiger partial charge in [0.1, 0.15) is 5.75 Å². The largest absolute Gasteiger partial charge is 0.491 e. The van der Waals surface area contributed by atoms with Gasteiger partial charge in [0.05, 0.1) is 6.10 Å². The molecule has 3 nitrogen and oxygen atoms in total. The maximum Gasteiger partial charge on any atom is 0.123 e. The topological polar surface area (TPSA) is 38.5 Å². The molecule has 21 heavy (non-hydrogen) atoms. The predicted molar refractivity (Wildman–Crippen MR) is 91.1 cm³/mol. The first-order chi connectivity index (χ1) is 10.1. The SMILES string of the molecule is CCCC1CCCN(c2cc(N)cc(OC(C)C)c2)CC1. The highest BCUT2D eigenvalue weighted by Crippen LogP contribution is 2.30. The molecule has 1 aliphatic heterocycles. The third kappa shape index (κ3) is 4.83. The van der Waals surface area contributed by atoms with E-state index in [1.54, 1.807) is 0 Å². The highest BCUT2D eigenvalue weighted by molar-refractivity contribution is 5.60. The Balaban J connectivity index is 2.08. The van der Waals surface area contributed by atoms with E-state index in [-0.39, 0.29) is 6.10 Å². The average molecular weight is 290 g/mol. The Morgan fingerprint density at radius 2 is 2.05 bits per heavy atom. The van der Waals surface area contributed by atoms with Gasteiger partial charge in [-0.3, -0.25) is 0 Å². The normalized spacial score (nSPS) is 19.6. The van der Waals surface area contributed by atoms with Crippen LogP contribution in [0.3, 0.4) is 0 Å². The van der Waals surface area contributed by atoms with Crippen molar-refractivity contribution in [3.63, 3.8) is 0 Å². The van der Waals surface area contributed by atoms with E-state index in [1.165, 1.54) is 37.8 Å². The molecule has 0 spiro atoms. The fraction of sp³-hybridized carbons (Fsp3) is 0.667. The molecule has 1 aromatic rings. The predicted octanol–water partition coefficient (Wildman–Crippen LogP) is 4.46. The number of hydrogen-bond donors (Lipinski definition) is 1. The van der Waals surface area contributed by atoms with E-state index in [1.807, 2.05) is 19.9 Å². The zero-order valence-corrected chi connectivity index (χ0v) is 13.8. The lowest BCUT2D eigenvalue weighted by atomic mass is 9.96. The van der Waals surface area contributed by atoms with Gasteiger partial charge in [-0.25, -0.2) is 0 Å². The molecular weight excluding hydrogens is 260 g/mol. The zero-order valence-electron chi connectivity index (χ0n) is 13.8. The molecule has 1 aromatic carbocycles. The monoisotopic (exact) mass is 290 g/mol.